The van der Waals surface area contributed by atoms with Gasteiger partial charge in [0.25, 0.3) is 0 Å². The van der Waals surface area contributed by atoms with Crippen molar-refractivity contribution < 1.29 is 49.7 Å². The Hall–Kier alpha value is -1.30. The van der Waals surface area contributed by atoms with Gasteiger partial charge in [0, 0.05) is 0 Å². The van der Waals surface area contributed by atoms with Crippen molar-refractivity contribution in [2.75, 3.05) is 52.9 Å². The van der Waals surface area contributed by atoms with Gasteiger partial charge >= 0.3 is 11.9 Å². The molecule has 1 aliphatic rings. The van der Waals surface area contributed by atoms with Crippen LogP contribution < -0.4 is 0 Å². The largest absolute Gasteiger partial charge is 0.481 e. The minimum absolute atomic E-state index is 0.0278. The highest BCUT2D eigenvalue weighted by atomic mass is 16.5. The lowest BCUT2D eigenvalue weighted by Crippen LogP contribution is -2.25. The second-order valence-electron chi connectivity index (χ2n) is 5.34. The Labute approximate surface area is 153 Å². The van der Waals surface area contributed by atoms with Crippen molar-refractivity contribution in [2.24, 2.45) is 11.8 Å². The summed E-state index contributed by atoms with van der Waals surface area (Å²) < 4.78 is 9.26. The molecule has 0 aromatic carbocycles. The molecule has 0 unspecified atom stereocenters. The molecule has 0 radical (unpaired) electrons. The summed E-state index contributed by atoms with van der Waals surface area (Å²) in [5, 5.41) is 49.6. The first-order chi connectivity index (χ1) is 12.4. The van der Waals surface area contributed by atoms with E-state index >= 15 is 0 Å². The summed E-state index contributed by atoms with van der Waals surface area (Å²) in [7, 11) is 0. The highest BCUT2D eigenvalue weighted by Crippen LogP contribution is 2.28. The summed E-state index contributed by atoms with van der Waals surface area (Å²) in [6.07, 6.45) is 2.03. The molecule has 0 bridgehead atoms. The van der Waals surface area contributed by atoms with E-state index in [0.29, 0.717) is 52.1 Å². The van der Waals surface area contributed by atoms with Crippen LogP contribution in [0.3, 0.4) is 0 Å². The van der Waals surface area contributed by atoms with Crippen LogP contribution in [0.2, 0.25) is 0 Å². The summed E-state index contributed by atoms with van der Waals surface area (Å²) in [5.41, 5.74) is 0. The first-order valence-corrected chi connectivity index (χ1v) is 8.49. The van der Waals surface area contributed by atoms with E-state index in [0.717, 1.165) is 0 Å². The second-order valence-corrected chi connectivity index (χ2v) is 5.34. The third kappa shape index (κ3) is 17.5. The predicted molar refractivity (Wildman–Crippen MR) is 90.7 cm³/mol. The molecular formula is C16H32O10. The minimum Gasteiger partial charge on any atom is -0.481 e. The van der Waals surface area contributed by atoms with Gasteiger partial charge in [-0.25, -0.2) is 0 Å². The maximum absolute atomic E-state index is 10.5. The molecule has 0 aliphatic heterocycles. The number of carboxylic acid groups (broad SMARTS) is 2. The Balaban J connectivity index is 0. The van der Waals surface area contributed by atoms with Gasteiger partial charge in [-0.1, -0.05) is 0 Å². The topological polar surface area (TPSA) is 174 Å². The normalized spacial score (nSPS) is 18.8. The first kappa shape index (κ1) is 26.9. The highest BCUT2D eigenvalue weighted by molar-refractivity contribution is 5.72. The number of aliphatic carboxylic acids is 2. The zero-order valence-corrected chi connectivity index (χ0v) is 15.0. The van der Waals surface area contributed by atoms with Gasteiger partial charge in [-0.2, -0.15) is 0 Å². The van der Waals surface area contributed by atoms with E-state index in [-0.39, 0.29) is 38.3 Å². The van der Waals surface area contributed by atoms with E-state index < -0.39 is 11.9 Å². The molecule has 0 aromatic heterocycles. The van der Waals surface area contributed by atoms with Gasteiger partial charge in [0.2, 0.25) is 0 Å². The van der Waals surface area contributed by atoms with Crippen LogP contribution in [0, 0.1) is 11.8 Å². The Bertz CT molecular complexity index is 289. The van der Waals surface area contributed by atoms with E-state index in [4.69, 9.17) is 30.6 Å². The number of rotatable bonds is 10. The molecule has 10 heteroatoms. The molecule has 26 heavy (non-hydrogen) atoms. The Kier molecular flexibility index (Phi) is 20.7. The maximum Gasteiger partial charge on any atom is 0.306 e. The van der Waals surface area contributed by atoms with E-state index in [1.165, 1.54) is 0 Å². The van der Waals surface area contributed by atoms with E-state index in [1.54, 1.807) is 0 Å². The monoisotopic (exact) mass is 384 g/mol. The first-order valence-electron chi connectivity index (χ1n) is 8.49. The van der Waals surface area contributed by atoms with Crippen molar-refractivity contribution in [3.63, 3.8) is 0 Å². The van der Waals surface area contributed by atoms with Gasteiger partial charge < -0.3 is 40.1 Å². The molecular weight excluding hydrogens is 352 g/mol. The molecule has 6 N–H and O–H groups in total. The lowest BCUT2D eigenvalue weighted by molar-refractivity contribution is -0.148. The number of carbonyl (C=O) groups is 2. The second kappa shape index (κ2) is 20.0. The summed E-state index contributed by atoms with van der Waals surface area (Å²) in [4.78, 5) is 21.0. The fourth-order valence-corrected chi connectivity index (χ4v) is 2.05. The standard InChI is InChI=1S/C8H12O4.2C4H10O3/c9-7(10)5-1-2-6(4-3-5)8(11)12;2*5-1-3-7-4-2-6/h5-6H,1-4H2,(H,9,10)(H,11,12);2*5-6H,1-4H2. The van der Waals surface area contributed by atoms with Crippen LogP contribution in [0.5, 0.6) is 0 Å². The van der Waals surface area contributed by atoms with Gasteiger partial charge in [0.05, 0.1) is 64.7 Å². The maximum atomic E-state index is 10.5. The Morgan fingerprint density at radius 1 is 0.615 bits per heavy atom. The van der Waals surface area contributed by atoms with Gasteiger partial charge in [-0.3, -0.25) is 9.59 Å². The number of aliphatic hydroxyl groups excluding tert-OH is 4. The quantitative estimate of drug-likeness (QED) is 0.255. The molecule has 10 nitrogen and oxygen atoms in total. The zero-order chi connectivity index (χ0) is 20.2. The molecule has 1 aliphatic carbocycles. The van der Waals surface area contributed by atoms with Crippen LogP contribution in [0.1, 0.15) is 25.7 Å². The average molecular weight is 384 g/mol. The molecule has 0 atom stereocenters. The molecule has 0 heterocycles. The smallest absolute Gasteiger partial charge is 0.306 e. The SMILES string of the molecule is O=C(O)C1CCC(C(=O)O)CC1.OCCOCCO.OCCOCCO. The van der Waals surface area contributed by atoms with Crippen LogP contribution in [-0.4, -0.2) is 95.4 Å². The highest BCUT2D eigenvalue weighted by Gasteiger charge is 2.29. The summed E-state index contributed by atoms with van der Waals surface area (Å²) in [6.45, 7) is 1.39. The predicted octanol–water partition coefficient (Wildman–Crippen LogP) is -1.06. The Morgan fingerprint density at radius 2 is 0.846 bits per heavy atom. The van der Waals surface area contributed by atoms with Crippen molar-refractivity contribution in [3.8, 4) is 0 Å². The van der Waals surface area contributed by atoms with Crippen molar-refractivity contribution in [1.82, 2.24) is 0 Å². The average Bonchev–Trinajstić information content (AvgIpc) is 2.64. The molecule has 0 aromatic rings. The van der Waals surface area contributed by atoms with Gasteiger partial charge in [0.15, 0.2) is 0 Å². The molecule has 1 fully saturated rings. The van der Waals surface area contributed by atoms with Crippen molar-refractivity contribution in [3.05, 3.63) is 0 Å². The molecule has 0 spiro atoms. The molecule has 0 saturated heterocycles. The van der Waals surface area contributed by atoms with Crippen LogP contribution in [0.15, 0.2) is 0 Å². The van der Waals surface area contributed by atoms with Crippen molar-refractivity contribution in [2.45, 2.75) is 25.7 Å². The van der Waals surface area contributed by atoms with Crippen LogP contribution in [0.25, 0.3) is 0 Å². The minimum atomic E-state index is -0.793. The van der Waals surface area contributed by atoms with Gasteiger partial charge in [0.1, 0.15) is 0 Å². The van der Waals surface area contributed by atoms with Crippen molar-refractivity contribution in [1.29, 1.82) is 0 Å². The van der Waals surface area contributed by atoms with Crippen LogP contribution >= 0.6 is 0 Å². The van der Waals surface area contributed by atoms with Crippen LogP contribution in [0.4, 0.5) is 0 Å². The zero-order valence-electron chi connectivity index (χ0n) is 15.0. The number of aliphatic hydroxyl groups is 4. The van der Waals surface area contributed by atoms with Crippen LogP contribution in [-0.2, 0) is 19.1 Å². The summed E-state index contributed by atoms with van der Waals surface area (Å²) >= 11 is 0. The van der Waals surface area contributed by atoms with E-state index in [9.17, 15) is 9.59 Å². The molecule has 0 amide bonds. The fourth-order valence-electron chi connectivity index (χ4n) is 2.05. The fraction of sp³-hybridized carbons (Fsp3) is 0.875. The Morgan fingerprint density at radius 3 is 1.00 bits per heavy atom. The third-order valence-electron chi connectivity index (χ3n) is 3.37. The number of hydrogen-bond donors (Lipinski definition) is 6. The summed E-state index contributed by atoms with van der Waals surface area (Å²) in [5.74, 6) is -2.22. The summed E-state index contributed by atoms with van der Waals surface area (Å²) in [6, 6.07) is 0. The molecule has 1 rings (SSSR count). The number of carboxylic acids is 2. The number of hydrogen-bond acceptors (Lipinski definition) is 8. The van der Waals surface area contributed by atoms with Gasteiger partial charge in [-0.05, 0) is 25.7 Å². The van der Waals surface area contributed by atoms with Gasteiger partial charge in [-0.15, -0.1) is 0 Å². The van der Waals surface area contributed by atoms with Crippen molar-refractivity contribution >= 4 is 11.9 Å². The lowest BCUT2D eigenvalue weighted by Gasteiger charge is -2.22. The third-order valence-corrected chi connectivity index (χ3v) is 3.37. The van der Waals surface area contributed by atoms with E-state index in [1.807, 2.05) is 0 Å². The lowest BCUT2D eigenvalue weighted by atomic mass is 9.82. The number of ether oxygens (including phenoxy) is 2. The molecule has 156 valence electrons. The van der Waals surface area contributed by atoms with E-state index in [2.05, 4.69) is 9.47 Å². The molecule has 1 saturated carbocycles.